The smallest absolute Gasteiger partial charge is 0.216 e. The molecule has 8 heteroatoms. The van der Waals surface area contributed by atoms with Gasteiger partial charge in [-0.05, 0) is 47.9 Å². The topological polar surface area (TPSA) is 93.7 Å². The average molecular weight is 611 g/mol. The number of aryl methyl sites for hydroxylation is 2. The summed E-state index contributed by atoms with van der Waals surface area (Å²) in [5, 5.41) is 23.6. The average Bonchev–Trinajstić information content (AvgIpc) is 3.07. The van der Waals surface area contributed by atoms with Crippen molar-refractivity contribution in [3.63, 3.8) is 0 Å². The van der Waals surface area contributed by atoms with Gasteiger partial charge in [0.1, 0.15) is 52.0 Å². The third kappa shape index (κ3) is 5.34. The van der Waals surface area contributed by atoms with Crippen molar-refractivity contribution in [3.8, 4) is 58.1 Å². The molecule has 0 atom stereocenters. The van der Waals surface area contributed by atoms with Crippen LogP contribution in [0.1, 0.15) is 22.3 Å². The highest BCUT2D eigenvalue weighted by Gasteiger charge is 2.31. The minimum absolute atomic E-state index is 0.173. The van der Waals surface area contributed by atoms with Crippen LogP contribution in [-0.4, -0.2) is 14.2 Å². The van der Waals surface area contributed by atoms with Crippen molar-refractivity contribution in [2.45, 2.75) is 13.8 Å². The van der Waals surface area contributed by atoms with Crippen LogP contribution >= 0.6 is 0 Å². The van der Waals surface area contributed by atoms with Crippen molar-refractivity contribution in [1.29, 1.82) is 10.5 Å². The number of rotatable bonds is 8. The van der Waals surface area contributed by atoms with Crippen LogP contribution in [0.2, 0.25) is 0 Å². The minimum Gasteiger partial charge on any atom is -0.496 e. The highest BCUT2D eigenvalue weighted by atomic mass is 19.1. The van der Waals surface area contributed by atoms with Crippen molar-refractivity contribution in [1.82, 2.24) is 0 Å². The molecular weight excluding hydrogens is 583 g/mol. The Labute approximate surface area is 265 Å². The summed E-state index contributed by atoms with van der Waals surface area (Å²) < 4.78 is 46.7. The Morgan fingerprint density at radius 1 is 0.543 bits per heavy atom. The summed E-state index contributed by atoms with van der Waals surface area (Å²) in [6.07, 6.45) is 0. The number of nitrogens with zero attached hydrogens (tertiary/aromatic N) is 2. The Hall–Kier alpha value is -6.25. The van der Waals surface area contributed by atoms with Gasteiger partial charge in [-0.2, -0.15) is 10.5 Å². The molecule has 46 heavy (non-hydrogen) atoms. The number of hydrogen-bond acceptors (Lipinski definition) is 7. The van der Waals surface area contributed by atoms with Crippen LogP contribution in [0.15, 0.2) is 91.0 Å². The van der Waals surface area contributed by atoms with Gasteiger partial charge in [0, 0.05) is 22.9 Å². The van der Waals surface area contributed by atoms with E-state index in [1.54, 1.807) is 24.3 Å². The van der Waals surface area contributed by atoms with Gasteiger partial charge in [-0.25, -0.2) is 4.39 Å². The molecule has 7 nitrogen and oxygen atoms in total. The summed E-state index contributed by atoms with van der Waals surface area (Å²) in [4.78, 5) is 0. The van der Waals surface area contributed by atoms with Crippen molar-refractivity contribution in [2.75, 3.05) is 14.2 Å². The van der Waals surface area contributed by atoms with E-state index in [0.29, 0.717) is 17.2 Å². The minimum atomic E-state index is -1.08. The van der Waals surface area contributed by atoms with E-state index in [2.05, 4.69) is 0 Å². The van der Waals surface area contributed by atoms with Gasteiger partial charge in [0.2, 0.25) is 11.5 Å². The molecule has 0 bridgehead atoms. The SMILES string of the molecule is COc1cc(Oc2c(F)c(C#N)c(C#N)c(Oc3c(C)cccc3C)c2Oc2cc(OC)c3ccccc3c2)cc2ccccc12. The van der Waals surface area contributed by atoms with Crippen molar-refractivity contribution in [2.24, 2.45) is 0 Å². The van der Waals surface area contributed by atoms with Crippen molar-refractivity contribution >= 4 is 21.5 Å². The lowest BCUT2D eigenvalue weighted by molar-refractivity contribution is 0.363. The second-order valence-electron chi connectivity index (χ2n) is 10.5. The van der Waals surface area contributed by atoms with Gasteiger partial charge in [-0.15, -0.1) is 0 Å². The van der Waals surface area contributed by atoms with Crippen LogP contribution in [0.5, 0.6) is 46.0 Å². The molecule has 6 rings (SSSR count). The maximum absolute atomic E-state index is 16.5. The normalized spacial score (nSPS) is 10.7. The standard InChI is InChI=1S/C38H27FN2O5/c1-22-10-9-11-23(2)35(22)46-36-31(21-41)30(20-40)34(39)37(44-26-16-24-12-5-7-14-28(24)32(18-26)42-3)38(36)45-27-17-25-13-6-8-15-29(25)33(19-27)43-4/h5-19H,1-4H3. The molecule has 0 N–H and O–H groups in total. The maximum Gasteiger partial charge on any atom is 0.216 e. The zero-order chi connectivity index (χ0) is 32.4. The second kappa shape index (κ2) is 12.4. The predicted octanol–water partition coefficient (Wildman–Crippen LogP) is 9.89. The van der Waals surface area contributed by atoms with Gasteiger partial charge < -0.3 is 23.7 Å². The third-order valence-electron chi connectivity index (χ3n) is 7.62. The Balaban J connectivity index is 1.63. The number of fused-ring (bicyclic) bond motifs is 2. The summed E-state index contributed by atoms with van der Waals surface area (Å²) in [7, 11) is 3.07. The van der Waals surface area contributed by atoms with Crippen LogP contribution in [0.3, 0.4) is 0 Å². The first-order chi connectivity index (χ1) is 22.4. The number of para-hydroxylation sites is 1. The fourth-order valence-corrected chi connectivity index (χ4v) is 5.40. The van der Waals surface area contributed by atoms with E-state index >= 15 is 4.39 Å². The van der Waals surface area contributed by atoms with E-state index in [9.17, 15) is 10.5 Å². The fourth-order valence-electron chi connectivity index (χ4n) is 5.40. The Bertz CT molecular complexity index is 2210. The van der Waals surface area contributed by atoms with Gasteiger partial charge in [0.05, 0.1) is 14.2 Å². The van der Waals surface area contributed by atoms with E-state index in [4.69, 9.17) is 23.7 Å². The summed E-state index contributed by atoms with van der Waals surface area (Å²) in [6, 6.07) is 31.1. The molecule has 226 valence electrons. The lowest BCUT2D eigenvalue weighted by Gasteiger charge is -2.21. The molecule has 0 fully saturated rings. The van der Waals surface area contributed by atoms with Crippen LogP contribution < -0.4 is 23.7 Å². The molecule has 0 amide bonds. The van der Waals surface area contributed by atoms with Crippen LogP contribution in [0.25, 0.3) is 21.5 Å². The van der Waals surface area contributed by atoms with Gasteiger partial charge in [-0.1, -0.05) is 66.7 Å². The zero-order valence-corrected chi connectivity index (χ0v) is 25.5. The first-order valence-corrected chi connectivity index (χ1v) is 14.3. The van der Waals surface area contributed by atoms with Gasteiger partial charge in [0.15, 0.2) is 11.6 Å². The zero-order valence-electron chi connectivity index (χ0n) is 25.5. The molecular formula is C38H27FN2O5. The molecule has 0 aliphatic heterocycles. The van der Waals surface area contributed by atoms with E-state index in [1.165, 1.54) is 14.2 Å². The predicted molar refractivity (Wildman–Crippen MR) is 173 cm³/mol. The van der Waals surface area contributed by atoms with Crippen LogP contribution in [0.4, 0.5) is 4.39 Å². The molecule has 0 saturated carbocycles. The fraction of sp³-hybridized carbons (Fsp3) is 0.105. The first kappa shape index (κ1) is 29.8. The van der Waals surface area contributed by atoms with Gasteiger partial charge in [-0.3, -0.25) is 0 Å². The highest BCUT2D eigenvalue weighted by molar-refractivity contribution is 5.91. The number of ether oxygens (including phenoxy) is 5. The number of methoxy groups -OCH3 is 2. The Kier molecular flexibility index (Phi) is 8.03. The number of halogens is 1. The molecule has 0 spiro atoms. The molecule has 6 aromatic carbocycles. The number of benzene rings is 6. The summed E-state index contributed by atoms with van der Waals surface area (Å²) >= 11 is 0. The summed E-state index contributed by atoms with van der Waals surface area (Å²) in [5.74, 6) is -0.0263. The number of hydrogen-bond donors (Lipinski definition) is 0. The Morgan fingerprint density at radius 3 is 1.54 bits per heavy atom. The second-order valence-corrected chi connectivity index (χ2v) is 10.5. The molecule has 6 aromatic rings. The van der Waals surface area contributed by atoms with Crippen molar-refractivity contribution in [3.05, 3.63) is 119 Å². The molecule has 0 radical (unpaired) electrons. The molecule has 0 saturated heterocycles. The molecule has 0 heterocycles. The quantitative estimate of drug-likeness (QED) is 0.169. The summed E-state index contributed by atoms with van der Waals surface area (Å²) in [6.45, 7) is 3.69. The van der Waals surface area contributed by atoms with Crippen molar-refractivity contribution < 1.29 is 28.1 Å². The van der Waals surface area contributed by atoms with E-state index in [0.717, 1.165) is 32.7 Å². The lowest BCUT2D eigenvalue weighted by atomic mass is 10.0. The molecule has 0 unspecified atom stereocenters. The largest absolute Gasteiger partial charge is 0.496 e. The van der Waals surface area contributed by atoms with E-state index < -0.39 is 17.1 Å². The highest BCUT2D eigenvalue weighted by Crippen LogP contribution is 2.51. The summed E-state index contributed by atoms with van der Waals surface area (Å²) in [5.41, 5.74) is 0.627. The van der Waals surface area contributed by atoms with E-state index in [1.807, 2.05) is 92.7 Å². The first-order valence-electron chi connectivity index (χ1n) is 14.3. The Morgan fingerprint density at radius 2 is 1.04 bits per heavy atom. The van der Waals surface area contributed by atoms with Gasteiger partial charge >= 0.3 is 0 Å². The van der Waals surface area contributed by atoms with Crippen LogP contribution in [0, 0.1) is 42.3 Å². The monoisotopic (exact) mass is 610 g/mol. The van der Waals surface area contributed by atoms with Crippen LogP contribution in [-0.2, 0) is 0 Å². The molecule has 0 aliphatic carbocycles. The molecule has 0 aliphatic rings. The maximum atomic E-state index is 16.5. The lowest BCUT2D eigenvalue weighted by Crippen LogP contribution is -2.04. The van der Waals surface area contributed by atoms with Gasteiger partial charge in [0.25, 0.3) is 0 Å². The number of nitriles is 2. The molecule has 0 aromatic heterocycles. The van der Waals surface area contributed by atoms with E-state index in [-0.39, 0.29) is 28.6 Å². The third-order valence-corrected chi connectivity index (χ3v) is 7.62.